The molecule has 0 fully saturated rings. The number of nitrogens with one attached hydrogen (secondary N) is 3. The first-order valence-electron chi connectivity index (χ1n) is 10.2. The number of carboxylic acid groups (broad SMARTS) is 1. The van der Waals surface area contributed by atoms with Gasteiger partial charge in [-0.15, -0.1) is 0 Å². The summed E-state index contributed by atoms with van der Waals surface area (Å²) in [6, 6.07) is -5.09. The molecule has 4 atom stereocenters. The molecule has 5 amide bonds. The van der Waals surface area contributed by atoms with E-state index in [1.807, 2.05) is 0 Å². The molecule has 0 aliphatic carbocycles. The van der Waals surface area contributed by atoms with E-state index in [9.17, 15) is 28.8 Å². The summed E-state index contributed by atoms with van der Waals surface area (Å²) in [6.45, 7) is 0.438. The Kier molecular flexibility index (Phi) is 14.4. The quantitative estimate of drug-likeness (QED) is 0.0708. The number of carbonyl (C=O) groups excluding carboxylic acids is 5. The van der Waals surface area contributed by atoms with Gasteiger partial charge in [0.15, 0.2) is 0 Å². The fourth-order valence-electron chi connectivity index (χ4n) is 2.61. The van der Waals surface area contributed by atoms with Crippen molar-refractivity contribution in [3.8, 4) is 0 Å². The molecule has 33 heavy (non-hydrogen) atoms. The Bertz CT molecular complexity index is 722. The van der Waals surface area contributed by atoms with Gasteiger partial charge in [-0.3, -0.25) is 24.0 Å². The number of rotatable bonds is 17. The number of hydrogen-bond acceptors (Lipinski definition) is 9. The number of hydrogen-bond donors (Lipinski definition) is 9. The monoisotopic (exact) mass is 491 g/mol. The van der Waals surface area contributed by atoms with Gasteiger partial charge in [0.1, 0.15) is 18.1 Å². The van der Waals surface area contributed by atoms with Crippen LogP contribution in [0.5, 0.6) is 0 Å². The first kappa shape index (κ1) is 30.1. The van der Waals surface area contributed by atoms with Crippen molar-refractivity contribution in [3.05, 3.63) is 0 Å². The molecule has 0 bridgehead atoms. The molecule has 4 unspecified atom stereocenters. The van der Waals surface area contributed by atoms with Gasteiger partial charge in [-0.1, -0.05) is 6.42 Å². The standard InChI is InChI=1S/C18H33N7O7S/c19-6-2-1-3-9(20)15(28)23-10(4-5-13(21)26)16(29)25-12(8-33)17(30)24-11(18(31)32)7-14(22)27/h9-12,33H,1-8,19-20H2,(H2,21,26)(H2,22,27)(H,23,28)(H,24,30)(H,25,29)(H,31,32). The molecule has 0 aliphatic heterocycles. The fourth-order valence-corrected chi connectivity index (χ4v) is 2.87. The van der Waals surface area contributed by atoms with E-state index in [4.69, 9.17) is 28.0 Å². The molecule has 0 saturated heterocycles. The third kappa shape index (κ3) is 12.6. The molecule has 0 spiro atoms. The van der Waals surface area contributed by atoms with Crippen LogP contribution < -0.4 is 38.9 Å². The topological polar surface area (TPSA) is 263 Å². The molecule has 12 N–H and O–H groups in total. The third-order valence-corrected chi connectivity index (χ3v) is 4.82. The van der Waals surface area contributed by atoms with Gasteiger partial charge in [-0.25, -0.2) is 4.79 Å². The number of unbranched alkanes of at least 4 members (excludes halogenated alkanes) is 1. The van der Waals surface area contributed by atoms with E-state index >= 15 is 0 Å². The highest BCUT2D eigenvalue weighted by Crippen LogP contribution is 2.04. The first-order valence-corrected chi connectivity index (χ1v) is 10.8. The molecule has 0 aromatic carbocycles. The number of amides is 5. The van der Waals surface area contributed by atoms with Crippen LogP contribution in [-0.2, 0) is 28.8 Å². The summed E-state index contributed by atoms with van der Waals surface area (Å²) in [5, 5.41) is 15.9. The minimum atomic E-state index is -1.61. The zero-order valence-electron chi connectivity index (χ0n) is 18.1. The van der Waals surface area contributed by atoms with Gasteiger partial charge in [0.2, 0.25) is 29.5 Å². The van der Waals surface area contributed by atoms with Crippen molar-refractivity contribution in [3.63, 3.8) is 0 Å². The van der Waals surface area contributed by atoms with E-state index in [0.29, 0.717) is 25.8 Å². The SMILES string of the molecule is NCCCCC(N)C(=O)NC(CCC(N)=O)C(=O)NC(CS)C(=O)NC(CC(N)=O)C(=O)O. The lowest BCUT2D eigenvalue weighted by Crippen LogP contribution is -2.58. The Morgan fingerprint density at radius 2 is 1.33 bits per heavy atom. The maximum Gasteiger partial charge on any atom is 0.326 e. The van der Waals surface area contributed by atoms with Crippen LogP contribution in [0.4, 0.5) is 0 Å². The van der Waals surface area contributed by atoms with Crippen LogP contribution >= 0.6 is 12.6 Å². The fraction of sp³-hybridized carbons (Fsp3) is 0.667. The second kappa shape index (κ2) is 15.8. The lowest BCUT2D eigenvalue weighted by Gasteiger charge is -2.24. The zero-order chi connectivity index (χ0) is 25.6. The number of carboxylic acids is 1. The largest absolute Gasteiger partial charge is 0.480 e. The Morgan fingerprint density at radius 1 is 0.788 bits per heavy atom. The van der Waals surface area contributed by atoms with E-state index in [2.05, 4.69) is 28.6 Å². The van der Waals surface area contributed by atoms with Crippen LogP contribution in [0.2, 0.25) is 0 Å². The molecule has 0 radical (unpaired) electrons. The van der Waals surface area contributed by atoms with Crippen LogP contribution in [0, 0.1) is 0 Å². The Hall–Kier alpha value is -2.91. The zero-order valence-corrected chi connectivity index (χ0v) is 19.0. The normalized spacial score (nSPS) is 14.3. The maximum atomic E-state index is 12.7. The Labute approximate surface area is 196 Å². The number of aliphatic carboxylic acids is 1. The van der Waals surface area contributed by atoms with E-state index in [0.717, 1.165) is 0 Å². The number of thiol groups is 1. The molecule has 15 heteroatoms. The summed E-state index contributed by atoms with van der Waals surface area (Å²) >= 11 is 3.97. The first-order chi connectivity index (χ1) is 15.4. The number of carbonyl (C=O) groups is 6. The molecule has 14 nitrogen and oxygen atoms in total. The van der Waals surface area contributed by atoms with Crippen molar-refractivity contribution in [1.82, 2.24) is 16.0 Å². The van der Waals surface area contributed by atoms with Gasteiger partial charge in [0.25, 0.3) is 0 Å². The van der Waals surface area contributed by atoms with Gasteiger partial charge < -0.3 is 44.0 Å². The van der Waals surface area contributed by atoms with Crippen molar-refractivity contribution >= 4 is 48.1 Å². The van der Waals surface area contributed by atoms with Crippen molar-refractivity contribution in [2.75, 3.05) is 12.3 Å². The average Bonchev–Trinajstić information content (AvgIpc) is 2.73. The molecule has 188 valence electrons. The van der Waals surface area contributed by atoms with Crippen LogP contribution in [0.3, 0.4) is 0 Å². The van der Waals surface area contributed by atoms with Crippen LogP contribution in [0.1, 0.15) is 38.5 Å². The Morgan fingerprint density at radius 3 is 1.82 bits per heavy atom. The van der Waals surface area contributed by atoms with Gasteiger partial charge in [0, 0.05) is 12.2 Å². The molecule has 0 saturated carbocycles. The summed E-state index contributed by atoms with van der Waals surface area (Å²) in [5.41, 5.74) is 21.3. The summed E-state index contributed by atoms with van der Waals surface area (Å²) in [6.07, 6.45) is 0.527. The predicted octanol–water partition coefficient (Wildman–Crippen LogP) is -3.95. The van der Waals surface area contributed by atoms with Gasteiger partial charge in [0.05, 0.1) is 12.5 Å². The predicted molar refractivity (Wildman–Crippen MR) is 120 cm³/mol. The van der Waals surface area contributed by atoms with E-state index in [1.165, 1.54) is 0 Å². The van der Waals surface area contributed by atoms with E-state index in [1.54, 1.807) is 0 Å². The summed E-state index contributed by atoms with van der Waals surface area (Å²) < 4.78 is 0. The van der Waals surface area contributed by atoms with E-state index < -0.39 is 66.1 Å². The highest BCUT2D eigenvalue weighted by molar-refractivity contribution is 7.80. The Balaban J connectivity index is 5.25. The van der Waals surface area contributed by atoms with Crippen molar-refractivity contribution in [2.45, 2.75) is 62.7 Å². The molecule has 0 heterocycles. The van der Waals surface area contributed by atoms with Crippen molar-refractivity contribution < 1.29 is 33.9 Å². The van der Waals surface area contributed by atoms with Gasteiger partial charge >= 0.3 is 5.97 Å². The lowest BCUT2D eigenvalue weighted by molar-refractivity contribution is -0.143. The van der Waals surface area contributed by atoms with Crippen molar-refractivity contribution in [1.29, 1.82) is 0 Å². The van der Waals surface area contributed by atoms with Crippen LogP contribution in [0.15, 0.2) is 0 Å². The van der Waals surface area contributed by atoms with Crippen LogP contribution in [0.25, 0.3) is 0 Å². The minimum absolute atomic E-state index is 0.164. The number of primary amides is 2. The second-order valence-corrected chi connectivity index (χ2v) is 7.64. The highest BCUT2D eigenvalue weighted by Gasteiger charge is 2.30. The summed E-state index contributed by atoms with van der Waals surface area (Å²) in [7, 11) is 0. The second-order valence-electron chi connectivity index (χ2n) is 7.27. The van der Waals surface area contributed by atoms with Crippen LogP contribution in [-0.4, -0.2) is 77.1 Å². The molecule has 0 aromatic rings. The number of nitrogens with two attached hydrogens (primary N) is 4. The molecule has 0 aromatic heterocycles. The lowest BCUT2D eigenvalue weighted by atomic mass is 10.1. The van der Waals surface area contributed by atoms with Crippen molar-refractivity contribution in [2.24, 2.45) is 22.9 Å². The molecule has 0 aliphatic rings. The minimum Gasteiger partial charge on any atom is -0.480 e. The van der Waals surface area contributed by atoms with E-state index in [-0.39, 0.29) is 18.6 Å². The molecular formula is C18H33N7O7S. The molecule has 0 rings (SSSR count). The average molecular weight is 492 g/mol. The third-order valence-electron chi connectivity index (χ3n) is 4.45. The summed E-state index contributed by atoms with van der Waals surface area (Å²) in [4.78, 5) is 70.8. The highest BCUT2D eigenvalue weighted by atomic mass is 32.1. The van der Waals surface area contributed by atoms with Gasteiger partial charge in [-0.2, -0.15) is 12.6 Å². The maximum absolute atomic E-state index is 12.7. The smallest absolute Gasteiger partial charge is 0.326 e. The summed E-state index contributed by atoms with van der Waals surface area (Å²) in [5.74, 6) is -5.83. The van der Waals surface area contributed by atoms with Gasteiger partial charge in [-0.05, 0) is 25.8 Å². The molecular weight excluding hydrogens is 458 g/mol.